The first-order valence-electron chi connectivity index (χ1n) is 4.25. The van der Waals surface area contributed by atoms with Crippen molar-refractivity contribution in [3.05, 3.63) is 47.5 Å². The molecule has 0 nitrogen and oxygen atoms in total. The van der Waals surface area contributed by atoms with E-state index in [1.54, 1.807) is 0 Å². The van der Waals surface area contributed by atoms with Crippen molar-refractivity contribution in [2.75, 3.05) is 0 Å². The molecule has 0 aliphatic heterocycles. The van der Waals surface area contributed by atoms with Gasteiger partial charge in [0.1, 0.15) is 0 Å². The molecule has 0 fully saturated rings. The van der Waals surface area contributed by atoms with E-state index in [0.717, 1.165) is 16.2 Å². The van der Waals surface area contributed by atoms with E-state index in [4.69, 9.17) is 11.6 Å². The summed E-state index contributed by atoms with van der Waals surface area (Å²) >= 11 is 6.09. The number of allylic oxidation sites excluding steroid dienone is 1. The van der Waals surface area contributed by atoms with Crippen LogP contribution in [0.4, 0.5) is 0 Å². The fourth-order valence-electron chi connectivity index (χ4n) is 1.33. The van der Waals surface area contributed by atoms with E-state index in [-0.39, 0.29) is 0 Å². The zero-order chi connectivity index (χ0) is 9.84. The Labute approximate surface area is 84.5 Å². The summed E-state index contributed by atoms with van der Waals surface area (Å²) in [6, 6.07) is 6.07. The van der Waals surface area contributed by atoms with E-state index < -0.39 is 0 Å². The van der Waals surface area contributed by atoms with Gasteiger partial charge < -0.3 is 0 Å². The normalized spacial score (nSPS) is 11.5. The van der Waals surface area contributed by atoms with Gasteiger partial charge in [-0.1, -0.05) is 48.5 Å². The standard InChI is InChI=1S/C12H13Cl/c1-4-10-8-6-7-9(3)12(10)11(13)5-2/h4-8H,1H2,2-3H3/b11-5+. The van der Waals surface area contributed by atoms with Crippen LogP contribution in [0.1, 0.15) is 23.6 Å². The second kappa shape index (κ2) is 4.29. The Morgan fingerprint density at radius 3 is 2.69 bits per heavy atom. The SMILES string of the molecule is C=Cc1cccc(C)c1/C(Cl)=C\C. The molecular weight excluding hydrogens is 180 g/mol. The molecule has 0 unspecified atom stereocenters. The van der Waals surface area contributed by atoms with Gasteiger partial charge in [-0.2, -0.15) is 0 Å². The smallest absolute Gasteiger partial charge is 0.0444 e. The third kappa shape index (κ3) is 2.02. The molecule has 0 aliphatic rings. The van der Waals surface area contributed by atoms with Gasteiger partial charge in [-0.05, 0) is 25.0 Å². The second-order valence-electron chi connectivity index (χ2n) is 2.88. The van der Waals surface area contributed by atoms with Crippen molar-refractivity contribution < 1.29 is 0 Å². The molecule has 1 aromatic rings. The predicted molar refractivity (Wildman–Crippen MR) is 60.8 cm³/mol. The molecule has 1 heteroatoms. The van der Waals surface area contributed by atoms with E-state index in [9.17, 15) is 0 Å². The first-order chi connectivity index (χ1) is 6.20. The molecule has 0 amide bonds. The molecule has 0 aliphatic carbocycles. The maximum Gasteiger partial charge on any atom is 0.0444 e. The Morgan fingerprint density at radius 2 is 2.15 bits per heavy atom. The zero-order valence-electron chi connectivity index (χ0n) is 7.97. The van der Waals surface area contributed by atoms with Crippen LogP contribution in [0.3, 0.4) is 0 Å². The lowest BCUT2D eigenvalue weighted by Crippen LogP contribution is -1.88. The van der Waals surface area contributed by atoms with E-state index in [0.29, 0.717) is 0 Å². The highest BCUT2D eigenvalue weighted by molar-refractivity contribution is 6.49. The van der Waals surface area contributed by atoms with Crippen molar-refractivity contribution in [2.24, 2.45) is 0 Å². The Morgan fingerprint density at radius 1 is 1.46 bits per heavy atom. The lowest BCUT2D eigenvalue weighted by molar-refractivity contribution is 1.42. The van der Waals surface area contributed by atoms with Crippen molar-refractivity contribution in [1.82, 2.24) is 0 Å². The van der Waals surface area contributed by atoms with E-state index in [2.05, 4.69) is 6.58 Å². The zero-order valence-corrected chi connectivity index (χ0v) is 8.73. The van der Waals surface area contributed by atoms with Crippen LogP contribution in [-0.4, -0.2) is 0 Å². The van der Waals surface area contributed by atoms with Gasteiger partial charge in [-0.3, -0.25) is 0 Å². The minimum absolute atomic E-state index is 0.785. The molecule has 13 heavy (non-hydrogen) atoms. The Bertz CT molecular complexity index is 348. The molecule has 0 atom stereocenters. The summed E-state index contributed by atoms with van der Waals surface area (Å²) in [5, 5.41) is 0.785. The van der Waals surface area contributed by atoms with Crippen molar-refractivity contribution in [2.45, 2.75) is 13.8 Å². The highest BCUT2D eigenvalue weighted by atomic mass is 35.5. The molecule has 1 aromatic carbocycles. The molecule has 0 heterocycles. The van der Waals surface area contributed by atoms with Gasteiger partial charge in [0, 0.05) is 10.6 Å². The summed E-state index contributed by atoms with van der Waals surface area (Å²) in [5.41, 5.74) is 3.35. The first-order valence-corrected chi connectivity index (χ1v) is 4.62. The molecule has 1 rings (SSSR count). The van der Waals surface area contributed by atoms with E-state index in [1.165, 1.54) is 5.56 Å². The van der Waals surface area contributed by atoms with Crippen molar-refractivity contribution in [3.8, 4) is 0 Å². The van der Waals surface area contributed by atoms with Crippen LogP contribution in [-0.2, 0) is 0 Å². The number of hydrogen-bond donors (Lipinski definition) is 0. The third-order valence-corrected chi connectivity index (χ3v) is 2.42. The highest BCUT2D eigenvalue weighted by Crippen LogP contribution is 2.26. The van der Waals surface area contributed by atoms with Gasteiger partial charge >= 0.3 is 0 Å². The summed E-state index contributed by atoms with van der Waals surface area (Å²) in [6.45, 7) is 7.75. The molecule has 0 aromatic heterocycles. The summed E-state index contributed by atoms with van der Waals surface area (Å²) in [6.07, 6.45) is 3.73. The minimum atomic E-state index is 0.785. The summed E-state index contributed by atoms with van der Waals surface area (Å²) in [5.74, 6) is 0. The number of halogens is 1. The summed E-state index contributed by atoms with van der Waals surface area (Å²) < 4.78 is 0. The summed E-state index contributed by atoms with van der Waals surface area (Å²) in [4.78, 5) is 0. The van der Waals surface area contributed by atoms with E-state index in [1.807, 2.05) is 44.2 Å². The number of rotatable bonds is 2. The second-order valence-corrected chi connectivity index (χ2v) is 3.29. The van der Waals surface area contributed by atoms with E-state index >= 15 is 0 Å². The Kier molecular flexibility index (Phi) is 3.32. The first kappa shape index (κ1) is 10.1. The average molecular weight is 193 g/mol. The maximum atomic E-state index is 6.09. The molecule has 0 saturated carbocycles. The topological polar surface area (TPSA) is 0 Å². The average Bonchev–Trinajstić information content (AvgIpc) is 2.16. The fourth-order valence-corrected chi connectivity index (χ4v) is 1.59. The molecule has 68 valence electrons. The van der Waals surface area contributed by atoms with Gasteiger partial charge in [0.05, 0.1) is 0 Å². The number of hydrogen-bond acceptors (Lipinski definition) is 0. The molecular formula is C12H13Cl. The molecule has 0 radical (unpaired) electrons. The molecule has 0 N–H and O–H groups in total. The van der Waals surface area contributed by atoms with Gasteiger partial charge in [0.2, 0.25) is 0 Å². The maximum absolute atomic E-state index is 6.09. The largest absolute Gasteiger partial charge is 0.0984 e. The number of aryl methyl sites for hydroxylation is 1. The van der Waals surface area contributed by atoms with Crippen LogP contribution in [0.5, 0.6) is 0 Å². The van der Waals surface area contributed by atoms with Gasteiger partial charge in [-0.15, -0.1) is 0 Å². The fraction of sp³-hybridized carbons (Fsp3) is 0.167. The molecule has 0 bridgehead atoms. The van der Waals surface area contributed by atoms with Crippen LogP contribution in [0.15, 0.2) is 30.9 Å². The van der Waals surface area contributed by atoms with Crippen LogP contribution in [0, 0.1) is 6.92 Å². The van der Waals surface area contributed by atoms with Crippen LogP contribution < -0.4 is 0 Å². The van der Waals surface area contributed by atoms with Crippen LogP contribution in [0.25, 0.3) is 11.1 Å². The molecule has 0 saturated heterocycles. The van der Waals surface area contributed by atoms with Crippen molar-refractivity contribution >= 4 is 22.7 Å². The summed E-state index contributed by atoms with van der Waals surface area (Å²) in [7, 11) is 0. The Hall–Kier alpha value is -1.01. The van der Waals surface area contributed by atoms with Gasteiger partial charge in [0.25, 0.3) is 0 Å². The predicted octanol–water partition coefficient (Wildman–Crippen LogP) is 4.24. The monoisotopic (exact) mass is 192 g/mol. The highest BCUT2D eigenvalue weighted by Gasteiger charge is 2.04. The minimum Gasteiger partial charge on any atom is -0.0984 e. The van der Waals surface area contributed by atoms with Crippen LogP contribution in [0.2, 0.25) is 0 Å². The molecule has 0 spiro atoms. The van der Waals surface area contributed by atoms with Gasteiger partial charge in [-0.25, -0.2) is 0 Å². The van der Waals surface area contributed by atoms with Crippen LogP contribution >= 0.6 is 11.6 Å². The van der Waals surface area contributed by atoms with Gasteiger partial charge in [0.15, 0.2) is 0 Å². The lowest BCUT2D eigenvalue weighted by Gasteiger charge is -2.07. The number of benzene rings is 1. The quantitative estimate of drug-likeness (QED) is 0.658. The third-order valence-electron chi connectivity index (χ3n) is 2.02. The van der Waals surface area contributed by atoms with Crippen molar-refractivity contribution in [3.63, 3.8) is 0 Å². The van der Waals surface area contributed by atoms with Crippen molar-refractivity contribution in [1.29, 1.82) is 0 Å². The lowest BCUT2D eigenvalue weighted by atomic mass is 10.0. The Balaban J connectivity index is 3.39.